The van der Waals surface area contributed by atoms with Gasteiger partial charge in [0.1, 0.15) is 0 Å². The summed E-state index contributed by atoms with van der Waals surface area (Å²) in [6.45, 7) is 2.75. The number of benzene rings is 4. The number of carbonyl (C=O) groups excluding carboxylic acids is 1. The van der Waals surface area contributed by atoms with Gasteiger partial charge in [0.15, 0.2) is 0 Å². The molecular formula is C30H27NO. The van der Waals surface area contributed by atoms with Crippen molar-refractivity contribution >= 4 is 5.91 Å². The van der Waals surface area contributed by atoms with Gasteiger partial charge in [0.25, 0.3) is 5.91 Å². The first-order valence-electron chi connectivity index (χ1n) is 11.3. The van der Waals surface area contributed by atoms with Crippen molar-refractivity contribution in [3.05, 3.63) is 131 Å². The van der Waals surface area contributed by atoms with E-state index in [2.05, 4.69) is 60.4 Å². The van der Waals surface area contributed by atoms with Gasteiger partial charge >= 0.3 is 0 Å². The number of fused-ring (bicyclic) bond motifs is 1. The molecule has 158 valence electrons. The third kappa shape index (κ3) is 4.09. The molecule has 5 rings (SSSR count). The Morgan fingerprint density at radius 3 is 2.22 bits per heavy atom. The van der Waals surface area contributed by atoms with E-state index < -0.39 is 0 Å². The zero-order valence-corrected chi connectivity index (χ0v) is 18.4. The molecule has 4 aromatic carbocycles. The van der Waals surface area contributed by atoms with Crippen LogP contribution < -0.4 is 0 Å². The zero-order valence-electron chi connectivity index (χ0n) is 18.4. The summed E-state index contributed by atoms with van der Waals surface area (Å²) in [4.78, 5) is 16.2. The summed E-state index contributed by atoms with van der Waals surface area (Å²) >= 11 is 0. The highest BCUT2D eigenvalue weighted by atomic mass is 16.2. The minimum Gasteiger partial charge on any atom is -0.331 e. The van der Waals surface area contributed by atoms with Crippen molar-refractivity contribution in [3.8, 4) is 11.1 Å². The van der Waals surface area contributed by atoms with E-state index in [1.165, 1.54) is 16.7 Å². The predicted molar refractivity (Wildman–Crippen MR) is 131 cm³/mol. The lowest BCUT2D eigenvalue weighted by atomic mass is 9.98. The van der Waals surface area contributed by atoms with Crippen LogP contribution in [0.5, 0.6) is 0 Å². The number of rotatable bonds is 5. The quantitative estimate of drug-likeness (QED) is 0.364. The Morgan fingerprint density at radius 1 is 0.781 bits per heavy atom. The minimum absolute atomic E-state index is 0.0998. The average molecular weight is 418 g/mol. The van der Waals surface area contributed by atoms with Gasteiger partial charge in [-0.2, -0.15) is 0 Å². The van der Waals surface area contributed by atoms with Crippen LogP contribution in [-0.4, -0.2) is 16.8 Å². The second-order valence-electron chi connectivity index (χ2n) is 8.66. The van der Waals surface area contributed by atoms with Crippen molar-refractivity contribution in [3.63, 3.8) is 0 Å². The van der Waals surface area contributed by atoms with Gasteiger partial charge in [-0.05, 0) is 53.6 Å². The van der Waals surface area contributed by atoms with Gasteiger partial charge in [0.05, 0.1) is 0 Å². The van der Waals surface area contributed by atoms with Crippen LogP contribution in [-0.2, 0) is 19.4 Å². The molecule has 0 heterocycles. The molecule has 1 amide bonds. The fourth-order valence-electron chi connectivity index (χ4n) is 4.78. The largest absolute Gasteiger partial charge is 0.331 e. The Balaban J connectivity index is 1.52. The van der Waals surface area contributed by atoms with Gasteiger partial charge in [0.2, 0.25) is 0 Å². The summed E-state index contributed by atoms with van der Waals surface area (Å²) in [6.07, 6.45) is 1.81. The van der Waals surface area contributed by atoms with E-state index >= 15 is 0 Å². The predicted octanol–water partition coefficient (Wildman–Crippen LogP) is 6.47. The molecular weight excluding hydrogens is 390 g/mol. The van der Waals surface area contributed by atoms with Crippen LogP contribution in [0.25, 0.3) is 11.1 Å². The molecule has 2 heteroatoms. The average Bonchev–Trinajstić information content (AvgIpc) is 3.26. The number of amides is 1. The lowest BCUT2D eigenvalue weighted by Gasteiger charge is -2.30. The normalized spacial score (nSPS) is 14.7. The monoisotopic (exact) mass is 417 g/mol. The van der Waals surface area contributed by atoms with Crippen LogP contribution in [0.2, 0.25) is 0 Å². The Kier molecular flexibility index (Phi) is 5.60. The standard InChI is InChI=1S/C30H27NO/c1-22-16-17-25-19-27(20-26(25)18-22)31(21-23-10-4-2-5-11-23)30(32)29-15-9-8-14-28(29)24-12-6-3-7-13-24/h2-18,27H,19-21H2,1H3. The molecule has 1 atom stereocenters. The molecule has 4 aromatic rings. The molecule has 0 aromatic heterocycles. The van der Waals surface area contributed by atoms with Gasteiger partial charge in [-0.1, -0.05) is 103 Å². The van der Waals surface area contributed by atoms with Crippen LogP contribution in [0.1, 0.15) is 32.6 Å². The third-order valence-corrected chi connectivity index (χ3v) is 6.41. The highest BCUT2D eigenvalue weighted by Crippen LogP contribution is 2.31. The SMILES string of the molecule is Cc1ccc2c(c1)CC(N(Cc1ccccc1)C(=O)c1ccccc1-c1ccccc1)C2. The molecule has 2 nitrogen and oxygen atoms in total. The van der Waals surface area contributed by atoms with E-state index in [0.29, 0.717) is 6.54 Å². The molecule has 0 spiro atoms. The Hall–Kier alpha value is -3.65. The first-order valence-corrected chi connectivity index (χ1v) is 11.3. The fraction of sp³-hybridized carbons (Fsp3) is 0.167. The zero-order chi connectivity index (χ0) is 21.9. The topological polar surface area (TPSA) is 20.3 Å². The van der Waals surface area contributed by atoms with Gasteiger partial charge in [-0.25, -0.2) is 0 Å². The van der Waals surface area contributed by atoms with E-state index in [-0.39, 0.29) is 11.9 Å². The Morgan fingerprint density at radius 2 is 1.44 bits per heavy atom. The molecule has 0 radical (unpaired) electrons. The maximum absolute atomic E-state index is 14.1. The number of hydrogen-bond acceptors (Lipinski definition) is 1. The van der Waals surface area contributed by atoms with E-state index in [4.69, 9.17) is 0 Å². The third-order valence-electron chi connectivity index (χ3n) is 6.41. The van der Waals surface area contributed by atoms with Crippen molar-refractivity contribution in [1.82, 2.24) is 4.90 Å². The molecule has 1 aliphatic rings. The highest BCUT2D eigenvalue weighted by molar-refractivity contribution is 6.01. The second kappa shape index (κ2) is 8.84. The molecule has 0 saturated carbocycles. The van der Waals surface area contributed by atoms with E-state index in [1.807, 2.05) is 54.6 Å². The van der Waals surface area contributed by atoms with Crippen molar-refractivity contribution in [1.29, 1.82) is 0 Å². The first-order chi connectivity index (χ1) is 15.7. The maximum atomic E-state index is 14.1. The van der Waals surface area contributed by atoms with Crippen molar-refractivity contribution in [2.45, 2.75) is 32.4 Å². The number of carbonyl (C=O) groups is 1. The Labute approximate surface area is 190 Å². The van der Waals surface area contributed by atoms with Gasteiger partial charge in [0, 0.05) is 18.2 Å². The fourth-order valence-corrected chi connectivity index (χ4v) is 4.78. The van der Waals surface area contributed by atoms with Crippen LogP contribution in [0.15, 0.2) is 103 Å². The molecule has 1 unspecified atom stereocenters. The van der Waals surface area contributed by atoms with Crippen LogP contribution in [0.4, 0.5) is 0 Å². The van der Waals surface area contributed by atoms with E-state index in [0.717, 1.165) is 35.1 Å². The van der Waals surface area contributed by atoms with Crippen molar-refractivity contribution in [2.24, 2.45) is 0 Å². The van der Waals surface area contributed by atoms with Crippen molar-refractivity contribution in [2.75, 3.05) is 0 Å². The summed E-state index contributed by atoms with van der Waals surface area (Å²) in [5, 5.41) is 0. The molecule has 0 saturated heterocycles. The highest BCUT2D eigenvalue weighted by Gasteiger charge is 2.31. The van der Waals surface area contributed by atoms with Crippen LogP contribution in [0, 0.1) is 6.92 Å². The van der Waals surface area contributed by atoms with Crippen LogP contribution >= 0.6 is 0 Å². The summed E-state index contributed by atoms with van der Waals surface area (Å²) in [5.74, 6) is 0.0998. The Bertz CT molecular complexity index is 1230. The lowest BCUT2D eigenvalue weighted by molar-refractivity contribution is 0.0668. The molecule has 0 aliphatic heterocycles. The summed E-state index contributed by atoms with van der Waals surface area (Å²) < 4.78 is 0. The van der Waals surface area contributed by atoms with E-state index in [1.54, 1.807) is 0 Å². The first kappa shape index (κ1) is 20.3. The molecule has 0 N–H and O–H groups in total. The number of aryl methyl sites for hydroxylation is 1. The smallest absolute Gasteiger partial charge is 0.255 e. The van der Waals surface area contributed by atoms with Crippen molar-refractivity contribution < 1.29 is 4.79 Å². The molecule has 32 heavy (non-hydrogen) atoms. The number of hydrogen-bond donors (Lipinski definition) is 0. The second-order valence-corrected chi connectivity index (χ2v) is 8.66. The summed E-state index contributed by atoms with van der Waals surface area (Å²) in [6, 6.07) is 35.3. The maximum Gasteiger partial charge on any atom is 0.255 e. The van der Waals surface area contributed by atoms with Gasteiger partial charge in [-0.15, -0.1) is 0 Å². The summed E-state index contributed by atoms with van der Waals surface area (Å²) in [7, 11) is 0. The molecule has 0 fully saturated rings. The molecule has 0 bridgehead atoms. The molecule has 1 aliphatic carbocycles. The van der Waals surface area contributed by atoms with Gasteiger partial charge < -0.3 is 4.90 Å². The lowest BCUT2D eigenvalue weighted by Crippen LogP contribution is -2.40. The number of nitrogens with zero attached hydrogens (tertiary/aromatic N) is 1. The van der Waals surface area contributed by atoms with E-state index in [9.17, 15) is 4.79 Å². The van der Waals surface area contributed by atoms with Gasteiger partial charge in [-0.3, -0.25) is 4.79 Å². The van der Waals surface area contributed by atoms with Crippen LogP contribution in [0.3, 0.4) is 0 Å². The summed E-state index contributed by atoms with van der Waals surface area (Å²) in [5.41, 5.74) is 8.00. The minimum atomic E-state index is 0.0998.